The summed E-state index contributed by atoms with van der Waals surface area (Å²) in [6.45, 7) is 1.85. The van der Waals surface area contributed by atoms with Gasteiger partial charge in [0.1, 0.15) is 5.75 Å². The largest absolute Gasteiger partial charge is 0.497 e. The fraction of sp³-hybridized carbons (Fsp3) is 0.625. The van der Waals surface area contributed by atoms with Crippen molar-refractivity contribution in [3.05, 3.63) is 29.3 Å². The summed E-state index contributed by atoms with van der Waals surface area (Å²) in [5, 5.41) is 3.76. The lowest BCUT2D eigenvalue weighted by Gasteiger charge is -2.38. The molecule has 0 amide bonds. The molecule has 3 N–H and O–H groups in total. The van der Waals surface area contributed by atoms with E-state index >= 15 is 0 Å². The number of nitrogens with one attached hydrogen (secondary N) is 1. The summed E-state index contributed by atoms with van der Waals surface area (Å²) in [7, 11) is 1.73. The first-order chi connectivity index (χ1) is 9.24. The van der Waals surface area contributed by atoms with Crippen LogP contribution in [0.25, 0.3) is 0 Å². The van der Waals surface area contributed by atoms with Crippen LogP contribution in [0.4, 0.5) is 0 Å². The van der Waals surface area contributed by atoms with E-state index in [-0.39, 0.29) is 5.54 Å². The monoisotopic (exact) mass is 260 g/mol. The average Bonchev–Trinajstić information content (AvgIpc) is 3.28. The van der Waals surface area contributed by atoms with Crippen LogP contribution in [-0.4, -0.2) is 25.7 Å². The molecule has 0 aromatic heterocycles. The Morgan fingerprint density at radius 1 is 1.37 bits per heavy atom. The minimum Gasteiger partial charge on any atom is -0.497 e. The van der Waals surface area contributed by atoms with Crippen molar-refractivity contribution in [3.63, 3.8) is 0 Å². The van der Waals surface area contributed by atoms with Gasteiger partial charge in [-0.2, -0.15) is 0 Å². The van der Waals surface area contributed by atoms with E-state index < -0.39 is 0 Å². The van der Waals surface area contributed by atoms with Gasteiger partial charge >= 0.3 is 0 Å². The molecule has 3 rings (SSSR count). The predicted octanol–water partition coefficient (Wildman–Crippen LogP) is 1.88. The van der Waals surface area contributed by atoms with Crippen molar-refractivity contribution in [2.75, 3.05) is 20.2 Å². The number of hydrogen-bond acceptors (Lipinski definition) is 3. The zero-order valence-corrected chi connectivity index (χ0v) is 11.7. The predicted molar refractivity (Wildman–Crippen MR) is 77.5 cm³/mol. The second-order valence-corrected chi connectivity index (χ2v) is 6.12. The molecule has 3 nitrogen and oxygen atoms in total. The number of methoxy groups -OCH3 is 1. The summed E-state index contributed by atoms with van der Waals surface area (Å²) in [6.07, 6.45) is 6.07. The number of ether oxygens (including phenoxy) is 1. The molecule has 1 atom stereocenters. The van der Waals surface area contributed by atoms with Gasteiger partial charge in [0, 0.05) is 12.1 Å². The van der Waals surface area contributed by atoms with Crippen molar-refractivity contribution in [3.8, 4) is 5.75 Å². The zero-order valence-electron chi connectivity index (χ0n) is 11.7. The van der Waals surface area contributed by atoms with E-state index in [1.54, 1.807) is 7.11 Å². The van der Waals surface area contributed by atoms with E-state index in [1.807, 2.05) is 0 Å². The molecule has 0 bridgehead atoms. The molecule has 1 aromatic carbocycles. The van der Waals surface area contributed by atoms with Crippen LogP contribution in [-0.2, 0) is 12.8 Å². The molecule has 2 aliphatic rings. The molecule has 0 aliphatic heterocycles. The Bertz CT molecular complexity index is 456. The van der Waals surface area contributed by atoms with E-state index in [4.69, 9.17) is 10.5 Å². The maximum Gasteiger partial charge on any atom is 0.119 e. The normalized spacial score (nSPS) is 26.0. The van der Waals surface area contributed by atoms with Crippen molar-refractivity contribution in [2.24, 2.45) is 11.7 Å². The highest BCUT2D eigenvalue weighted by atomic mass is 16.5. The van der Waals surface area contributed by atoms with Crippen LogP contribution in [0, 0.1) is 5.92 Å². The molecule has 0 radical (unpaired) electrons. The third kappa shape index (κ3) is 2.77. The number of fused-ring (bicyclic) bond motifs is 1. The van der Waals surface area contributed by atoms with E-state index in [0.717, 1.165) is 44.0 Å². The molecule has 2 aliphatic carbocycles. The van der Waals surface area contributed by atoms with Gasteiger partial charge < -0.3 is 15.8 Å². The lowest BCUT2D eigenvalue weighted by molar-refractivity contribution is 0.289. The van der Waals surface area contributed by atoms with Gasteiger partial charge in [-0.15, -0.1) is 0 Å². The Balaban J connectivity index is 1.76. The smallest absolute Gasteiger partial charge is 0.119 e. The lowest BCUT2D eigenvalue weighted by Crippen LogP contribution is -2.55. The standard InChI is InChI=1S/C16H24N2O/c1-19-15-5-4-13-6-7-16(11-17,9-14(13)8-15)18-10-12-2-3-12/h4-5,8,12,18H,2-3,6-7,9-11,17H2,1H3. The average molecular weight is 260 g/mol. The quantitative estimate of drug-likeness (QED) is 0.850. The second kappa shape index (κ2) is 5.14. The van der Waals surface area contributed by atoms with Crippen LogP contribution in [0.15, 0.2) is 18.2 Å². The van der Waals surface area contributed by atoms with Crippen molar-refractivity contribution >= 4 is 0 Å². The summed E-state index contributed by atoms with van der Waals surface area (Å²) in [4.78, 5) is 0. The summed E-state index contributed by atoms with van der Waals surface area (Å²) < 4.78 is 5.34. The summed E-state index contributed by atoms with van der Waals surface area (Å²) in [5.74, 6) is 1.85. The fourth-order valence-electron chi connectivity index (χ4n) is 3.04. The third-order valence-corrected chi connectivity index (χ3v) is 4.67. The Kier molecular flexibility index (Phi) is 3.50. The molecule has 104 valence electrons. The highest BCUT2D eigenvalue weighted by molar-refractivity contribution is 5.39. The van der Waals surface area contributed by atoms with Crippen molar-refractivity contribution in [2.45, 2.75) is 37.6 Å². The topological polar surface area (TPSA) is 47.3 Å². The molecular weight excluding hydrogens is 236 g/mol. The second-order valence-electron chi connectivity index (χ2n) is 6.12. The summed E-state index contributed by atoms with van der Waals surface area (Å²) in [5.41, 5.74) is 9.04. The van der Waals surface area contributed by atoms with Gasteiger partial charge in [0.25, 0.3) is 0 Å². The van der Waals surface area contributed by atoms with E-state index in [0.29, 0.717) is 0 Å². The Labute approximate surface area is 115 Å². The van der Waals surface area contributed by atoms with Gasteiger partial charge in [-0.05, 0) is 67.8 Å². The van der Waals surface area contributed by atoms with E-state index in [9.17, 15) is 0 Å². The first kappa shape index (κ1) is 12.9. The van der Waals surface area contributed by atoms with E-state index in [1.165, 1.54) is 24.0 Å². The lowest BCUT2D eigenvalue weighted by atomic mass is 9.77. The maximum absolute atomic E-state index is 6.08. The van der Waals surface area contributed by atoms with Gasteiger partial charge in [-0.3, -0.25) is 0 Å². The molecule has 1 fully saturated rings. The van der Waals surface area contributed by atoms with Gasteiger partial charge in [-0.1, -0.05) is 6.07 Å². The number of hydrogen-bond donors (Lipinski definition) is 2. The van der Waals surface area contributed by atoms with Gasteiger partial charge in [0.2, 0.25) is 0 Å². The number of nitrogens with two attached hydrogens (primary N) is 1. The first-order valence-electron chi connectivity index (χ1n) is 7.35. The van der Waals surface area contributed by atoms with E-state index in [2.05, 4.69) is 23.5 Å². The molecular formula is C16H24N2O. The van der Waals surface area contributed by atoms with Crippen LogP contribution < -0.4 is 15.8 Å². The van der Waals surface area contributed by atoms with Crippen LogP contribution in [0.1, 0.15) is 30.4 Å². The van der Waals surface area contributed by atoms with Crippen molar-refractivity contribution in [1.82, 2.24) is 5.32 Å². The van der Waals surface area contributed by atoms with Gasteiger partial charge in [0.15, 0.2) is 0 Å². The SMILES string of the molecule is COc1ccc2c(c1)CC(CN)(NCC1CC1)CC2. The van der Waals surface area contributed by atoms with Crippen LogP contribution in [0.2, 0.25) is 0 Å². The Hall–Kier alpha value is -1.06. The van der Waals surface area contributed by atoms with Crippen LogP contribution in [0.3, 0.4) is 0 Å². The van der Waals surface area contributed by atoms with Gasteiger partial charge in [-0.25, -0.2) is 0 Å². The third-order valence-electron chi connectivity index (χ3n) is 4.67. The number of benzene rings is 1. The Morgan fingerprint density at radius 3 is 2.89 bits per heavy atom. The zero-order chi connectivity index (χ0) is 13.3. The number of aryl methyl sites for hydroxylation is 1. The maximum atomic E-state index is 6.08. The minimum atomic E-state index is 0.0992. The van der Waals surface area contributed by atoms with Gasteiger partial charge in [0.05, 0.1) is 7.11 Å². The Morgan fingerprint density at radius 2 is 2.21 bits per heavy atom. The highest BCUT2D eigenvalue weighted by Crippen LogP contribution is 2.33. The van der Waals surface area contributed by atoms with Crippen LogP contribution >= 0.6 is 0 Å². The molecule has 0 heterocycles. The molecule has 19 heavy (non-hydrogen) atoms. The summed E-state index contributed by atoms with van der Waals surface area (Å²) >= 11 is 0. The number of rotatable bonds is 5. The molecule has 3 heteroatoms. The molecule has 1 aromatic rings. The summed E-state index contributed by atoms with van der Waals surface area (Å²) in [6, 6.07) is 6.44. The minimum absolute atomic E-state index is 0.0992. The van der Waals surface area contributed by atoms with Crippen LogP contribution in [0.5, 0.6) is 5.75 Å². The molecule has 1 unspecified atom stereocenters. The molecule has 0 saturated heterocycles. The van der Waals surface area contributed by atoms with Crippen molar-refractivity contribution in [1.29, 1.82) is 0 Å². The first-order valence-corrected chi connectivity index (χ1v) is 7.35. The van der Waals surface area contributed by atoms with Crippen molar-refractivity contribution < 1.29 is 4.74 Å². The highest BCUT2D eigenvalue weighted by Gasteiger charge is 2.34. The molecule has 1 saturated carbocycles. The molecule has 0 spiro atoms. The fourth-order valence-corrected chi connectivity index (χ4v) is 3.04.